The standard InChI is InChI=1S/C9H18N2OS/c1-7(2)8(10)9(12)11-3-5-13-6-4-11/h7-8H,3-6,10H2,1-2H3/t8-/m1/s1. The zero-order valence-corrected chi connectivity index (χ0v) is 9.14. The van der Waals surface area contributed by atoms with Crippen LogP contribution in [0.3, 0.4) is 0 Å². The van der Waals surface area contributed by atoms with E-state index in [9.17, 15) is 4.79 Å². The minimum atomic E-state index is -0.317. The van der Waals surface area contributed by atoms with E-state index in [0.29, 0.717) is 0 Å². The maximum atomic E-state index is 11.7. The lowest BCUT2D eigenvalue weighted by atomic mass is 10.0. The highest BCUT2D eigenvalue weighted by Crippen LogP contribution is 2.11. The Hall–Kier alpha value is -0.220. The van der Waals surface area contributed by atoms with Crippen LogP contribution in [0.1, 0.15) is 13.8 Å². The van der Waals surface area contributed by atoms with E-state index in [2.05, 4.69) is 0 Å². The SMILES string of the molecule is CC(C)[C@@H](N)C(=O)N1CCSCC1. The Bertz CT molecular complexity index is 178. The number of hydrogen-bond donors (Lipinski definition) is 1. The van der Waals surface area contributed by atoms with Crippen LogP contribution in [-0.4, -0.2) is 41.4 Å². The van der Waals surface area contributed by atoms with Crippen LogP contribution in [0, 0.1) is 5.92 Å². The molecule has 0 radical (unpaired) electrons. The fourth-order valence-corrected chi connectivity index (χ4v) is 2.18. The lowest BCUT2D eigenvalue weighted by molar-refractivity contribution is -0.133. The summed E-state index contributed by atoms with van der Waals surface area (Å²) in [6, 6.07) is -0.317. The highest BCUT2D eigenvalue weighted by molar-refractivity contribution is 7.99. The van der Waals surface area contributed by atoms with Gasteiger partial charge in [0.05, 0.1) is 6.04 Å². The zero-order valence-electron chi connectivity index (χ0n) is 8.32. The lowest BCUT2D eigenvalue weighted by Gasteiger charge is -2.29. The molecule has 0 aromatic rings. The van der Waals surface area contributed by atoms with Crippen LogP contribution in [0.2, 0.25) is 0 Å². The van der Waals surface area contributed by atoms with Gasteiger partial charge in [0, 0.05) is 24.6 Å². The van der Waals surface area contributed by atoms with E-state index in [0.717, 1.165) is 24.6 Å². The van der Waals surface area contributed by atoms with Gasteiger partial charge in [-0.2, -0.15) is 11.8 Å². The number of nitrogens with two attached hydrogens (primary N) is 1. The normalized spacial score (nSPS) is 20.5. The monoisotopic (exact) mass is 202 g/mol. The van der Waals surface area contributed by atoms with E-state index < -0.39 is 0 Å². The second-order valence-electron chi connectivity index (χ2n) is 3.71. The fourth-order valence-electron chi connectivity index (χ4n) is 1.28. The maximum absolute atomic E-state index is 11.7. The molecule has 76 valence electrons. The second-order valence-corrected chi connectivity index (χ2v) is 4.93. The van der Waals surface area contributed by atoms with Gasteiger partial charge in [0.15, 0.2) is 0 Å². The van der Waals surface area contributed by atoms with Crippen LogP contribution in [-0.2, 0) is 4.79 Å². The average molecular weight is 202 g/mol. The zero-order chi connectivity index (χ0) is 9.84. The average Bonchev–Trinajstić information content (AvgIpc) is 2.17. The Balaban J connectivity index is 2.45. The second kappa shape index (κ2) is 4.86. The molecule has 1 atom stereocenters. The number of carbonyl (C=O) groups is 1. The highest BCUT2D eigenvalue weighted by atomic mass is 32.2. The van der Waals surface area contributed by atoms with Gasteiger partial charge in [0.25, 0.3) is 0 Å². The predicted octanol–water partition coefficient (Wildman–Crippen LogP) is 0.545. The molecule has 13 heavy (non-hydrogen) atoms. The molecular formula is C9H18N2OS. The lowest BCUT2D eigenvalue weighted by Crippen LogP contribution is -2.49. The molecule has 1 aliphatic heterocycles. The third kappa shape index (κ3) is 2.88. The van der Waals surface area contributed by atoms with Gasteiger partial charge in [-0.3, -0.25) is 4.79 Å². The molecule has 1 rings (SSSR count). The Morgan fingerprint density at radius 3 is 2.38 bits per heavy atom. The van der Waals surface area contributed by atoms with Crippen molar-refractivity contribution in [3.8, 4) is 0 Å². The largest absolute Gasteiger partial charge is 0.340 e. The summed E-state index contributed by atoms with van der Waals surface area (Å²) in [5, 5.41) is 0. The Labute approximate surface area is 84.0 Å². The summed E-state index contributed by atoms with van der Waals surface area (Å²) in [5.74, 6) is 2.46. The van der Waals surface area contributed by atoms with Crippen LogP contribution < -0.4 is 5.73 Å². The minimum Gasteiger partial charge on any atom is -0.340 e. The smallest absolute Gasteiger partial charge is 0.239 e. The molecule has 0 aromatic carbocycles. The first-order valence-corrected chi connectivity index (χ1v) is 5.90. The summed E-state index contributed by atoms with van der Waals surface area (Å²) >= 11 is 1.90. The molecule has 0 aliphatic carbocycles. The van der Waals surface area contributed by atoms with Crippen molar-refractivity contribution < 1.29 is 4.79 Å². The molecule has 0 saturated carbocycles. The van der Waals surface area contributed by atoms with Gasteiger partial charge >= 0.3 is 0 Å². The van der Waals surface area contributed by atoms with Crippen LogP contribution >= 0.6 is 11.8 Å². The van der Waals surface area contributed by atoms with E-state index >= 15 is 0 Å². The molecule has 1 aliphatic rings. The Kier molecular flexibility index (Phi) is 4.06. The quantitative estimate of drug-likeness (QED) is 0.711. The van der Waals surface area contributed by atoms with Crippen molar-refractivity contribution in [1.29, 1.82) is 0 Å². The van der Waals surface area contributed by atoms with Crippen LogP contribution in [0.25, 0.3) is 0 Å². The van der Waals surface area contributed by atoms with Crippen molar-refractivity contribution in [2.45, 2.75) is 19.9 Å². The van der Waals surface area contributed by atoms with E-state index in [1.165, 1.54) is 0 Å². The summed E-state index contributed by atoms with van der Waals surface area (Å²) in [6.45, 7) is 5.70. The van der Waals surface area contributed by atoms with Gasteiger partial charge in [0.2, 0.25) is 5.91 Å². The number of thioether (sulfide) groups is 1. The van der Waals surface area contributed by atoms with Crippen molar-refractivity contribution in [2.24, 2.45) is 11.7 Å². The van der Waals surface area contributed by atoms with Crippen molar-refractivity contribution in [3.05, 3.63) is 0 Å². The van der Waals surface area contributed by atoms with Crippen molar-refractivity contribution >= 4 is 17.7 Å². The highest BCUT2D eigenvalue weighted by Gasteiger charge is 2.24. The van der Waals surface area contributed by atoms with Crippen molar-refractivity contribution in [3.63, 3.8) is 0 Å². The van der Waals surface area contributed by atoms with Crippen LogP contribution in [0.5, 0.6) is 0 Å². The number of rotatable bonds is 2. The van der Waals surface area contributed by atoms with E-state index in [1.54, 1.807) is 0 Å². The first-order valence-electron chi connectivity index (χ1n) is 4.75. The summed E-state index contributed by atoms with van der Waals surface area (Å²) in [7, 11) is 0. The third-order valence-electron chi connectivity index (χ3n) is 2.33. The molecule has 0 spiro atoms. The summed E-state index contributed by atoms with van der Waals surface area (Å²) < 4.78 is 0. The third-order valence-corrected chi connectivity index (χ3v) is 3.27. The van der Waals surface area contributed by atoms with Crippen LogP contribution in [0.4, 0.5) is 0 Å². The molecule has 0 bridgehead atoms. The van der Waals surface area contributed by atoms with Crippen molar-refractivity contribution in [2.75, 3.05) is 24.6 Å². The number of nitrogens with zero attached hydrogens (tertiary/aromatic N) is 1. The predicted molar refractivity (Wildman–Crippen MR) is 56.7 cm³/mol. The minimum absolute atomic E-state index is 0.121. The molecule has 4 heteroatoms. The Morgan fingerprint density at radius 2 is 1.92 bits per heavy atom. The van der Waals surface area contributed by atoms with Gasteiger partial charge in [0.1, 0.15) is 0 Å². The molecular weight excluding hydrogens is 184 g/mol. The number of hydrogen-bond acceptors (Lipinski definition) is 3. The first kappa shape index (κ1) is 10.9. The van der Waals surface area contributed by atoms with E-state index in [-0.39, 0.29) is 17.9 Å². The fraction of sp³-hybridized carbons (Fsp3) is 0.889. The topological polar surface area (TPSA) is 46.3 Å². The van der Waals surface area contributed by atoms with Gasteiger partial charge in [-0.15, -0.1) is 0 Å². The Morgan fingerprint density at radius 1 is 1.38 bits per heavy atom. The summed E-state index contributed by atoms with van der Waals surface area (Å²) in [5.41, 5.74) is 5.79. The summed E-state index contributed by atoms with van der Waals surface area (Å²) in [6.07, 6.45) is 0. The van der Waals surface area contributed by atoms with Crippen molar-refractivity contribution in [1.82, 2.24) is 4.90 Å². The van der Waals surface area contributed by atoms with Gasteiger partial charge in [-0.1, -0.05) is 13.8 Å². The number of carbonyl (C=O) groups excluding carboxylic acids is 1. The van der Waals surface area contributed by atoms with Gasteiger partial charge < -0.3 is 10.6 Å². The first-order chi connectivity index (χ1) is 6.13. The molecule has 1 heterocycles. The van der Waals surface area contributed by atoms with Crippen LogP contribution in [0.15, 0.2) is 0 Å². The van der Waals surface area contributed by atoms with Gasteiger partial charge in [-0.25, -0.2) is 0 Å². The summed E-state index contributed by atoms with van der Waals surface area (Å²) in [4.78, 5) is 13.6. The molecule has 3 nitrogen and oxygen atoms in total. The molecule has 1 saturated heterocycles. The van der Waals surface area contributed by atoms with Gasteiger partial charge in [-0.05, 0) is 5.92 Å². The molecule has 0 aromatic heterocycles. The van der Waals surface area contributed by atoms with E-state index in [1.807, 2.05) is 30.5 Å². The maximum Gasteiger partial charge on any atom is 0.239 e. The molecule has 1 amide bonds. The number of amides is 1. The molecule has 2 N–H and O–H groups in total. The molecule has 1 fully saturated rings. The van der Waals surface area contributed by atoms with E-state index in [4.69, 9.17) is 5.73 Å². The molecule has 0 unspecified atom stereocenters.